The molecule has 14 heteroatoms. The predicted molar refractivity (Wildman–Crippen MR) is 172 cm³/mol. The van der Waals surface area contributed by atoms with Crippen molar-refractivity contribution in [1.29, 1.82) is 0 Å². The van der Waals surface area contributed by atoms with Gasteiger partial charge in [-0.3, -0.25) is 9.69 Å². The van der Waals surface area contributed by atoms with Crippen LogP contribution in [0.4, 0.5) is 5.95 Å². The molecule has 1 fully saturated rings. The Labute approximate surface area is 272 Å². The Bertz CT molecular complexity index is 1430. The molecule has 2 N–H and O–H groups in total. The highest BCUT2D eigenvalue weighted by Crippen LogP contribution is 2.31. The number of nitrogens with zero attached hydrogens (tertiary/aromatic N) is 6. The monoisotopic (exact) mass is 667 g/mol. The number of aliphatic carboxylic acids is 1. The van der Waals surface area contributed by atoms with Gasteiger partial charge in [0, 0.05) is 60.1 Å². The molecule has 0 amide bonds. The summed E-state index contributed by atoms with van der Waals surface area (Å²) >= 11 is 12.6. The maximum atomic E-state index is 11.1. The number of ether oxygens (including phenoxy) is 1. The van der Waals surface area contributed by atoms with Gasteiger partial charge in [-0.2, -0.15) is 0 Å². The lowest BCUT2D eigenvalue weighted by atomic mass is 9.93. The summed E-state index contributed by atoms with van der Waals surface area (Å²) < 4.78 is 8.12. The van der Waals surface area contributed by atoms with E-state index in [2.05, 4.69) is 25.2 Å². The Morgan fingerprint density at radius 1 is 1.05 bits per heavy atom. The van der Waals surface area contributed by atoms with E-state index in [1.807, 2.05) is 35.0 Å². The number of rotatable bonds is 12. The third-order valence-electron chi connectivity index (χ3n) is 6.88. The molecule has 10 nitrogen and oxygen atoms in total. The first kappa shape index (κ1) is 34.3. The molecule has 0 aliphatic carbocycles. The quantitative estimate of drug-likeness (QED) is 0.156. The van der Waals surface area contributed by atoms with Crippen molar-refractivity contribution >= 4 is 59.9 Å². The molecule has 4 aromatic rings. The summed E-state index contributed by atoms with van der Waals surface area (Å²) in [4.78, 5) is 30.9. The van der Waals surface area contributed by atoms with E-state index in [1.165, 1.54) is 0 Å². The van der Waals surface area contributed by atoms with E-state index in [0.29, 0.717) is 39.9 Å². The molecule has 0 saturated carbocycles. The lowest BCUT2D eigenvalue weighted by Gasteiger charge is -2.31. The number of carboxylic acids is 1. The van der Waals surface area contributed by atoms with Crippen molar-refractivity contribution in [2.75, 3.05) is 25.0 Å². The van der Waals surface area contributed by atoms with Crippen LogP contribution in [-0.4, -0.2) is 60.1 Å². The third-order valence-corrected chi connectivity index (χ3v) is 7.32. The highest BCUT2D eigenvalue weighted by Gasteiger charge is 2.22. The van der Waals surface area contributed by atoms with E-state index in [1.54, 1.807) is 31.0 Å². The molecule has 1 aliphatic rings. The molecule has 3 aromatic heterocycles. The van der Waals surface area contributed by atoms with Crippen molar-refractivity contribution in [3.8, 4) is 22.9 Å². The van der Waals surface area contributed by atoms with Crippen LogP contribution in [0.3, 0.4) is 0 Å². The minimum absolute atomic E-state index is 0. The number of benzene rings is 1. The lowest BCUT2D eigenvalue weighted by Crippen LogP contribution is -2.33. The number of hydrogen-bond donors (Lipinski definition) is 2. The second kappa shape index (κ2) is 16.6. The fourth-order valence-corrected chi connectivity index (χ4v) is 5.39. The van der Waals surface area contributed by atoms with Gasteiger partial charge in [-0.25, -0.2) is 19.9 Å². The smallest absolute Gasteiger partial charge is 0.303 e. The molecule has 230 valence electrons. The number of pyridine rings is 1. The van der Waals surface area contributed by atoms with E-state index >= 15 is 0 Å². The first-order valence-electron chi connectivity index (χ1n) is 13.5. The van der Waals surface area contributed by atoms with Gasteiger partial charge in [0.15, 0.2) is 5.75 Å². The van der Waals surface area contributed by atoms with Crippen LogP contribution in [0.15, 0.2) is 61.4 Å². The zero-order valence-electron chi connectivity index (χ0n) is 23.2. The van der Waals surface area contributed by atoms with Crippen molar-refractivity contribution in [1.82, 2.24) is 29.4 Å². The van der Waals surface area contributed by atoms with E-state index in [4.69, 9.17) is 38.0 Å². The summed E-state index contributed by atoms with van der Waals surface area (Å²) in [7, 11) is 0. The van der Waals surface area contributed by atoms with Crippen LogP contribution in [-0.2, 0) is 17.9 Å². The Kier molecular flexibility index (Phi) is 13.3. The van der Waals surface area contributed by atoms with Crippen molar-refractivity contribution in [3.63, 3.8) is 0 Å². The Balaban J connectivity index is 0.00000253. The number of carbonyl (C=O) groups is 1. The summed E-state index contributed by atoms with van der Waals surface area (Å²) in [5, 5.41) is 13.4. The van der Waals surface area contributed by atoms with Gasteiger partial charge in [-0.05, 0) is 68.1 Å². The van der Waals surface area contributed by atoms with Crippen LogP contribution in [0.1, 0.15) is 31.2 Å². The largest absolute Gasteiger partial charge is 0.481 e. The number of nitrogens with one attached hydrogen (secondary N) is 1. The Morgan fingerprint density at radius 2 is 1.77 bits per heavy atom. The Morgan fingerprint density at radius 3 is 2.42 bits per heavy atom. The summed E-state index contributed by atoms with van der Waals surface area (Å²) in [6.07, 6.45) is 11.6. The second-order valence-electron chi connectivity index (χ2n) is 10.1. The lowest BCUT2D eigenvalue weighted by molar-refractivity contribution is -0.138. The number of likely N-dealkylation sites (tertiary alicyclic amines) is 1. The van der Waals surface area contributed by atoms with Crippen LogP contribution >= 0.6 is 48.0 Å². The number of anilines is 1. The van der Waals surface area contributed by atoms with E-state index in [9.17, 15) is 4.79 Å². The van der Waals surface area contributed by atoms with Crippen LogP contribution in [0, 0.1) is 5.92 Å². The molecular formula is C29H33Cl4N7O3. The summed E-state index contributed by atoms with van der Waals surface area (Å²) in [5.41, 5.74) is 2.47. The number of imidazole rings is 1. The highest BCUT2D eigenvalue weighted by molar-refractivity contribution is 6.35. The van der Waals surface area contributed by atoms with Gasteiger partial charge >= 0.3 is 5.97 Å². The topological polar surface area (TPSA) is 118 Å². The van der Waals surface area contributed by atoms with Crippen molar-refractivity contribution in [2.24, 2.45) is 5.92 Å². The number of aromatic nitrogens is 5. The minimum atomic E-state index is -0.734. The first-order valence-corrected chi connectivity index (χ1v) is 14.3. The first-order chi connectivity index (χ1) is 19.9. The van der Waals surface area contributed by atoms with Crippen LogP contribution < -0.4 is 10.1 Å². The molecule has 5 rings (SSSR count). The van der Waals surface area contributed by atoms with E-state index < -0.39 is 5.97 Å². The van der Waals surface area contributed by atoms with Crippen molar-refractivity contribution in [3.05, 3.63) is 77.1 Å². The molecule has 1 saturated heterocycles. The molecule has 0 spiro atoms. The van der Waals surface area contributed by atoms with Crippen LogP contribution in [0.25, 0.3) is 11.3 Å². The number of aryl methyl sites for hydroxylation is 1. The van der Waals surface area contributed by atoms with Gasteiger partial charge in [0.2, 0.25) is 11.8 Å². The van der Waals surface area contributed by atoms with Crippen molar-refractivity contribution in [2.45, 2.75) is 38.8 Å². The highest BCUT2D eigenvalue weighted by atomic mass is 35.5. The number of carboxylic acid groups (broad SMARTS) is 1. The van der Waals surface area contributed by atoms with Gasteiger partial charge in [-0.15, -0.1) is 24.8 Å². The summed E-state index contributed by atoms with van der Waals surface area (Å²) in [6.45, 7) is 3.93. The molecule has 1 aliphatic heterocycles. The zero-order valence-corrected chi connectivity index (χ0v) is 26.4. The van der Waals surface area contributed by atoms with Gasteiger partial charge in [0.25, 0.3) is 0 Å². The molecule has 0 atom stereocenters. The predicted octanol–water partition coefficient (Wildman–Crippen LogP) is 6.87. The average molecular weight is 669 g/mol. The van der Waals surface area contributed by atoms with Gasteiger partial charge in [-0.1, -0.05) is 23.2 Å². The fraction of sp³-hybridized carbons (Fsp3) is 0.345. The molecule has 43 heavy (non-hydrogen) atoms. The minimum Gasteiger partial charge on any atom is -0.481 e. The SMILES string of the molecule is Cl.Cl.O=C(O)CC1CCN(Cc2cc(Oc3cnc(NCCCn4ccnc4)nc3)nc(-c3cc(Cl)cc(Cl)c3)c2)CC1. The van der Waals surface area contributed by atoms with E-state index in [-0.39, 0.29) is 37.2 Å². The molecule has 0 unspecified atom stereocenters. The third kappa shape index (κ3) is 10.5. The fourth-order valence-electron chi connectivity index (χ4n) is 4.87. The number of hydrogen-bond acceptors (Lipinski definition) is 8. The maximum absolute atomic E-state index is 11.1. The van der Waals surface area contributed by atoms with Gasteiger partial charge in [0.1, 0.15) is 0 Å². The summed E-state index contributed by atoms with van der Waals surface area (Å²) in [6, 6.07) is 9.22. The average Bonchev–Trinajstić information content (AvgIpc) is 3.46. The zero-order chi connectivity index (χ0) is 28.6. The van der Waals surface area contributed by atoms with Gasteiger partial charge < -0.3 is 19.7 Å². The van der Waals surface area contributed by atoms with Crippen LogP contribution in [0.2, 0.25) is 10.0 Å². The Hall–Kier alpha value is -3.15. The number of piperidine rings is 1. The van der Waals surface area contributed by atoms with Gasteiger partial charge in [0.05, 0.1) is 24.4 Å². The molecule has 0 bridgehead atoms. The molecule has 0 radical (unpaired) electrons. The normalized spacial score (nSPS) is 13.5. The summed E-state index contributed by atoms with van der Waals surface area (Å²) in [5.74, 6) is 0.869. The maximum Gasteiger partial charge on any atom is 0.303 e. The molecule has 1 aromatic carbocycles. The molecule has 4 heterocycles. The van der Waals surface area contributed by atoms with Crippen molar-refractivity contribution < 1.29 is 14.6 Å². The van der Waals surface area contributed by atoms with E-state index in [0.717, 1.165) is 56.6 Å². The second-order valence-corrected chi connectivity index (χ2v) is 11.0. The number of halogens is 4. The van der Waals surface area contributed by atoms with Crippen LogP contribution in [0.5, 0.6) is 11.6 Å². The standard InChI is InChI=1S/C29H31Cl2N7O3.2ClH/c30-23-13-22(14-24(31)15-23)26-10-21(18-37-7-2-20(3-8-37)12-28(39)40)11-27(36-26)41-25-16-34-29(35-17-25)33-4-1-6-38-9-5-32-19-38;;/h5,9-11,13-17,19-20H,1-4,6-8,12,18H2,(H,39,40)(H,33,34,35);2*1H. The molecular weight excluding hydrogens is 636 g/mol.